The van der Waals surface area contributed by atoms with Crippen LogP contribution in [0.5, 0.6) is 0 Å². The molecule has 0 bridgehead atoms. The molecule has 0 atom stereocenters. The fraction of sp³-hybridized carbons (Fsp3) is 0. The fourth-order valence-corrected chi connectivity index (χ4v) is 2.01. The van der Waals surface area contributed by atoms with Gasteiger partial charge >= 0.3 is 0 Å². The first kappa shape index (κ1) is 16.1. The summed E-state index contributed by atoms with van der Waals surface area (Å²) in [6, 6.07) is 12.8. The first-order valence-electron chi connectivity index (χ1n) is 6.35. The highest BCUT2D eigenvalue weighted by molar-refractivity contribution is 7.80. The molecule has 0 aliphatic carbocycles. The van der Waals surface area contributed by atoms with Crippen LogP contribution >= 0.6 is 23.8 Å². The first-order chi connectivity index (χ1) is 10.5. The van der Waals surface area contributed by atoms with Crippen molar-refractivity contribution in [2.45, 2.75) is 0 Å². The van der Waals surface area contributed by atoms with Crippen molar-refractivity contribution in [2.24, 2.45) is 0 Å². The molecule has 0 saturated carbocycles. The molecule has 1 amide bonds. The van der Waals surface area contributed by atoms with Crippen LogP contribution in [0.2, 0.25) is 5.02 Å². The summed E-state index contributed by atoms with van der Waals surface area (Å²) in [5.74, 6) is -0.722. The monoisotopic (exact) mass is 334 g/mol. The Labute approximate surface area is 137 Å². The number of carbonyl (C=O) groups excluding carboxylic acids is 1. The average Bonchev–Trinajstić information content (AvgIpc) is 2.49. The van der Waals surface area contributed by atoms with Gasteiger partial charge in [0.25, 0.3) is 0 Å². The molecule has 6 heteroatoms. The molecular formula is C16H12ClFN2OS. The van der Waals surface area contributed by atoms with Gasteiger partial charge in [-0.15, -0.1) is 0 Å². The number of hydrogen-bond acceptors (Lipinski definition) is 2. The standard InChI is InChI=1S/C16H12ClFN2OS/c17-13-3-1-2-4-14(13)19-16(22)20-15(21)10-7-11-5-8-12(18)9-6-11/h1-10H,(H2,19,20,21,22)/b10-7+. The highest BCUT2D eigenvalue weighted by Crippen LogP contribution is 2.20. The lowest BCUT2D eigenvalue weighted by Gasteiger charge is -2.09. The van der Waals surface area contributed by atoms with Crippen molar-refractivity contribution in [1.82, 2.24) is 5.32 Å². The van der Waals surface area contributed by atoms with Crippen molar-refractivity contribution in [3.05, 3.63) is 71.0 Å². The highest BCUT2D eigenvalue weighted by Gasteiger charge is 2.04. The number of benzene rings is 2. The first-order valence-corrected chi connectivity index (χ1v) is 7.13. The van der Waals surface area contributed by atoms with E-state index in [1.807, 2.05) is 0 Å². The van der Waals surface area contributed by atoms with E-state index in [2.05, 4.69) is 10.6 Å². The van der Waals surface area contributed by atoms with Crippen LogP contribution in [0.25, 0.3) is 6.08 Å². The number of hydrogen-bond donors (Lipinski definition) is 2. The topological polar surface area (TPSA) is 41.1 Å². The number of anilines is 1. The Bertz CT molecular complexity index is 716. The van der Waals surface area contributed by atoms with Gasteiger partial charge in [0.05, 0.1) is 10.7 Å². The molecular weight excluding hydrogens is 323 g/mol. The fourth-order valence-electron chi connectivity index (χ4n) is 1.62. The number of halogens is 2. The lowest BCUT2D eigenvalue weighted by molar-refractivity contribution is -0.115. The summed E-state index contributed by atoms with van der Waals surface area (Å²) in [4.78, 5) is 11.7. The summed E-state index contributed by atoms with van der Waals surface area (Å²) in [7, 11) is 0. The van der Waals surface area contributed by atoms with Gasteiger partial charge in [-0.05, 0) is 48.1 Å². The number of thiocarbonyl (C=S) groups is 1. The summed E-state index contributed by atoms with van der Waals surface area (Å²) < 4.78 is 12.8. The molecule has 2 rings (SSSR count). The minimum absolute atomic E-state index is 0.141. The Morgan fingerprint density at radius 3 is 2.50 bits per heavy atom. The third-order valence-electron chi connectivity index (χ3n) is 2.66. The predicted octanol–water partition coefficient (Wildman–Crippen LogP) is 4.01. The van der Waals surface area contributed by atoms with E-state index in [1.165, 1.54) is 18.2 Å². The molecule has 0 fully saturated rings. The molecule has 0 radical (unpaired) electrons. The van der Waals surface area contributed by atoms with E-state index in [9.17, 15) is 9.18 Å². The van der Waals surface area contributed by atoms with Gasteiger partial charge in [0, 0.05) is 6.08 Å². The molecule has 2 N–H and O–H groups in total. The Morgan fingerprint density at radius 1 is 1.14 bits per heavy atom. The van der Waals surface area contributed by atoms with Crippen LogP contribution in [0.15, 0.2) is 54.6 Å². The largest absolute Gasteiger partial charge is 0.331 e. The maximum atomic E-state index is 12.8. The normalized spacial score (nSPS) is 10.5. The van der Waals surface area contributed by atoms with Gasteiger partial charge in [-0.2, -0.15) is 0 Å². The number of para-hydroxylation sites is 1. The van der Waals surface area contributed by atoms with E-state index >= 15 is 0 Å². The molecule has 0 aliphatic heterocycles. The molecule has 0 heterocycles. The third-order valence-corrected chi connectivity index (χ3v) is 3.19. The molecule has 2 aromatic rings. The van der Waals surface area contributed by atoms with Crippen LogP contribution < -0.4 is 10.6 Å². The van der Waals surface area contributed by atoms with Crippen LogP contribution in [-0.4, -0.2) is 11.0 Å². The quantitative estimate of drug-likeness (QED) is 0.658. The highest BCUT2D eigenvalue weighted by atomic mass is 35.5. The molecule has 0 aromatic heterocycles. The Balaban J connectivity index is 1.90. The van der Waals surface area contributed by atoms with Crippen molar-refractivity contribution >= 4 is 46.6 Å². The zero-order valence-corrected chi connectivity index (χ0v) is 12.9. The SMILES string of the molecule is O=C(/C=C/c1ccc(F)cc1)NC(=S)Nc1ccccc1Cl. The maximum absolute atomic E-state index is 12.8. The zero-order chi connectivity index (χ0) is 15.9. The van der Waals surface area contributed by atoms with Gasteiger partial charge in [0.2, 0.25) is 5.91 Å². The number of carbonyl (C=O) groups is 1. The summed E-state index contributed by atoms with van der Waals surface area (Å²) >= 11 is 11.0. The van der Waals surface area contributed by atoms with Crippen LogP contribution in [0.4, 0.5) is 10.1 Å². The van der Waals surface area contributed by atoms with Gasteiger partial charge in [-0.1, -0.05) is 35.9 Å². The molecule has 3 nitrogen and oxygen atoms in total. The van der Waals surface area contributed by atoms with E-state index in [0.29, 0.717) is 16.3 Å². The molecule has 0 aliphatic rings. The minimum Gasteiger partial charge on any atom is -0.331 e. The van der Waals surface area contributed by atoms with Crippen molar-refractivity contribution in [3.8, 4) is 0 Å². The summed E-state index contributed by atoms with van der Waals surface area (Å²) in [5.41, 5.74) is 1.32. The van der Waals surface area contributed by atoms with E-state index in [-0.39, 0.29) is 10.9 Å². The summed E-state index contributed by atoms with van der Waals surface area (Å²) in [6.07, 6.45) is 2.88. The zero-order valence-electron chi connectivity index (χ0n) is 11.3. The van der Waals surface area contributed by atoms with Crippen molar-refractivity contribution in [2.75, 3.05) is 5.32 Å². The number of amides is 1. The lowest BCUT2D eigenvalue weighted by Crippen LogP contribution is -2.32. The average molecular weight is 335 g/mol. The molecule has 22 heavy (non-hydrogen) atoms. The second-order valence-corrected chi connectivity index (χ2v) is 5.12. The minimum atomic E-state index is -0.395. The van der Waals surface area contributed by atoms with Crippen molar-refractivity contribution in [3.63, 3.8) is 0 Å². The number of rotatable bonds is 3. The maximum Gasteiger partial charge on any atom is 0.250 e. The third kappa shape index (κ3) is 4.95. The summed E-state index contributed by atoms with van der Waals surface area (Å²) in [6.45, 7) is 0. The van der Waals surface area contributed by atoms with Gasteiger partial charge in [0.15, 0.2) is 5.11 Å². The lowest BCUT2D eigenvalue weighted by atomic mass is 10.2. The van der Waals surface area contributed by atoms with Crippen molar-refractivity contribution < 1.29 is 9.18 Å². The van der Waals surface area contributed by atoms with E-state index < -0.39 is 5.91 Å². The van der Waals surface area contributed by atoms with Crippen LogP contribution in [0.3, 0.4) is 0 Å². The van der Waals surface area contributed by atoms with Gasteiger partial charge in [-0.25, -0.2) is 4.39 Å². The Hall–Kier alpha value is -2.24. The van der Waals surface area contributed by atoms with E-state index in [0.717, 1.165) is 0 Å². The van der Waals surface area contributed by atoms with Crippen molar-refractivity contribution in [1.29, 1.82) is 0 Å². The Kier molecular flexibility index (Phi) is 5.63. The van der Waals surface area contributed by atoms with Gasteiger partial charge in [0.1, 0.15) is 5.82 Å². The molecule has 0 unspecified atom stereocenters. The molecule has 112 valence electrons. The number of nitrogens with one attached hydrogen (secondary N) is 2. The molecule has 2 aromatic carbocycles. The van der Waals surface area contributed by atoms with Gasteiger partial charge in [-0.3, -0.25) is 10.1 Å². The van der Waals surface area contributed by atoms with E-state index in [4.69, 9.17) is 23.8 Å². The second kappa shape index (κ2) is 7.68. The molecule has 0 saturated heterocycles. The smallest absolute Gasteiger partial charge is 0.250 e. The van der Waals surface area contributed by atoms with Crippen LogP contribution in [-0.2, 0) is 4.79 Å². The Morgan fingerprint density at radius 2 is 1.82 bits per heavy atom. The van der Waals surface area contributed by atoms with Crippen LogP contribution in [0.1, 0.15) is 5.56 Å². The van der Waals surface area contributed by atoms with E-state index in [1.54, 1.807) is 42.5 Å². The molecule has 0 spiro atoms. The van der Waals surface area contributed by atoms with Gasteiger partial charge < -0.3 is 5.32 Å². The second-order valence-electron chi connectivity index (χ2n) is 4.31. The predicted molar refractivity (Wildman–Crippen MR) is 91.2 cm³/mol. The summed E-state index contributed by atoms with van der Waals surface area (Å²) in [5, 5.41) is 5.97. The van der Waals surface area contributed by atoms with Crippen LogP contribution in [0, 0.1) is 5.82 Å².